The molecule has 1 aliphatic carbocycles. The maximum atomic E-state index is 11.4. The molecule has 1 saturated heterocycles. The number of fused-ring (bicyclic) bond motifs is 1. The molecule has 0 aromatic heterocycles. The molecule has 0 saturated carbocycles. The minimum absolute atomic E-state index is 0.0661. The van der Waals surface area contributed by atoms with Gasteiger partial charge in [0.1, 0.15) is 18.3 Å². The van der Waals surface area contributed by atoms with Gasteiger partial charge in [-0.2, -0.15) is 0 Å². The summed E-state index contributed by atoms with van der Waals surface area (Å²) in [6, 6.07) is 14.3. The summed E-state index contributed by atoms with van der Waals surface area (Å²) in [5.41, 5.74) is 3.08. The van der Waals surface area contributed by atoms with Gasteiger partial charge in [0.25, 0.3) is 0 Å². The minimum atomic E-state index is -0.572. The molecule has 2 aromatic carbocycles. The first kappa shape index (κ1) is 16.9. The molecule has 1 atom stereocenters. The van der Waals surface area contributed by atoms with Gasteiger partial charge >= 0.3 is 0 Å². The number of hydrogen-bond acceptors (Lipinski definition) is 4. The zero-order chi connectivity index (χ0) is 18.1. The fourth-order valence-corrected chi connectivity index (χ4v) is 3.66. The van der Waals surface area contributed by atoms with E-state index in [4.69, 9.17) is 14.2 Å². The lowest BCUT2D eigenvalue weighted by atomic mass is 9.94. The summed E-state index contributed by atoms with van der Waals surface area (Å²) in [6.07, 6.45) is 1.89. The zero-order valence-electron chi connectivity index (χ0n) is 15.1. The molecule has 2 aliphatic rings. The number of methoxy groups -OCH3 is 1. The van der Waals surface area contributed by atoms with Gasteiger partial charge in [0.2, 0.25) is 5.91 Å². The largest absolute Gasteiger partial charge is 0.493 e. The molecule has 1 heterocycles. The van der Waals surface area contributed by atoms with E-state index in [0.717, 1.165) is 18.4 Å². The van der Waals surface area contributed by atoms with Gasteiger partial charge in [0.15, 0.2) is 11.5 Å². The number of carbonyl (C=O) groups excluding carboxylic acids is 1. The van der Waals surface area contributed by atoms with E-state index in [9.17, 15) is 4.79 Å². The predicted molar refractivity (Wildman–Crippen MR) is 97.6 cm³/mol. The van der Waals surface area contributed by atoms with Crippen LogP contribution in [0.3, 0.4) is 0 Å². The molecule has 1 N–H and O–H groups in total. The summed E-state index contributed by atoms with van der Waals surface area (Å²) < 4.78 is 17.6. The summed E-state index contributed by atoms with van der Waals surface area (Å²) in [5, 5.41) is 2.87. The molecule has 1 aliphatic heterocycles. The molecule has 0 spiro atoms. The topological polar surface area (TPSA) is 56.8 Å². The second-order valence-electron chi connectivity index (χ2n) is 7.08. The summed E-state index contributed by atoms with van der Waals surface area (Å²) >= 11 is 0. The van der Waals surface area contributed by atoms with Crippen molar-refractivity contribution in [1.29, 1.82) is 0 Å². The van der Waals surface area contributed by atoms with Crippen molar-refractivity contribution >= 4 is 5.91 Å². The van der Waals surface area contributed by atoms with E-state index in [-0.39, 0.29) is 18.6 Å². The molecule has 1 fully saturated rings. The summed E-state index contributed by atoms with van der Waals surface area (Å²) in [5.74, 6) is 1.33. The molecule has 5 nitrogen and oxygen atoms in total. The highest BCUT2D eigenvalue weighted by atomic mass is 16.5. The van der Waals surface area contributed by atoms with E-state index < -0.39 is 5.60 Å². The Balaban J connectivity index is 1.57. The quantitative estimate of drug-likeness (QED) is 0.918. The summed E-state index contributed by atoms with van der Waals surface area (Å²) in [7, 11) is 1.64. The molecule has 2 aromatic rings. The van der Waals surface area contributed by atoms with Gasteiger partial charge in [-0.1, -0.05) is 30.3 Å². The predicted octanol–water partition coefficient (Wildman–Crippen LogP) is 2.60. The highest BCUT2D eigenvalue weighted by molar-refractivity contribution is 5.78. The molecule has 0 radical (unpaired) electrons. The zero-order valence-corrected chi connectivity index (χ0v) is 15.1. The lowest BCUT2D eigenvalue weighted by molar-refractivity contribution is -0.142. The molecule has 26 heavy (non-hydrogen) atoms. The van der Waals surface area contributed by atoms with Crippen molar-refractivity contribution in [1.82, 2.24) is 5.32 Å². The van der Waals surface area contributed by atoms with Crippen molar-refractivity contribution in [2.45, 2.75) is 31.5 Å². The first-order chi connectivity index (χ1) is 12.6. The van der Waals surface area contributed by atoms with Gasteiger partial charge in [-0.15, -0.1) is 0 Å². The number of amides is 1. The van der Waals surface area contributed by atoms with E-state index in [1.807, 2.05) is 25.1 Å². The first-order valence-electron chi connectivity index (χ1n) is 8.90. The third kappa shape index (κ3) is 3.15. The lowest BCUT2D eigenvalue weighted by Gasteiger charge is -2.34. The maximum Gasteiger partial charge on any atom is 0.246 e. The fourth-order valence-electron chi connectivity index (χ4n) is 3.66. The van der Waals surface area contributed by atoms with E-state index in [2.05, 4.69) is 29.6 Å². The number of benzene rings is 2. The summed E-state index contributed by atoms with van der Waals surface area (Å²) in [4.78, 5) is 11.4. The number of hydrogen-bond donors (Lipinski definition) is 1. The van der Waals surface area contributed by atoms with Crippen LogP contribution in [0.4, 0.5) is 0 Å². The second kappa shape index (κ2) is 6.65. The van der Waals surface area contributed by atoms with Crippen LogP contribution in [0.1, 0.15) is 23.6 Å². The van der Waals surface area contributed by atoms with Crippen molar-refractivity contribution in [3.05, 3.63) is 59.2 Å². The third-order valence-corrected chi connectivity index (χ3v) is 5.23. The molecule has 1 amide bonds. The van der Waals surface area contributed by atoms with Crippen LogP contribution in [-0.4, -0.2) is 32.3 Å². The SMILES string of the molecule is COc1ccc(C2(C)CNC(=O)CO2)cc1OC1Cc2ccccc2C1. The van der Waals surface area contributed by atoms with Crippen LogP contribution in [0.5, 0.6) is 11.5 Å². The third-order valence-electron chi connectivity index (χ3n) is 5.23. The Kier molecular flexibility index (Phi) is 4.32. The van der Waals surface area contributed by atoms with E-state index in [1.54, 1.807) is 7.11 Å². The number of nitrogens with one attached hydrogen (secondary N) is 1. The second-order valence-corrected chi connectivity index (χ2v) is 7.08. The van der Waals surface area contributed by atoms with Gasteiger partial charge in [-0.3, -0.25) is 4.79 Å². The Bertz CT molecular complexity index is 798. The van der Waals surface area contributed by atoms with Crippen molar-refractivity contribution in [2.24, 2.45) is 0 Å². The Morgan fingerprint density at radius 1 is 1.12 bits per heavy atom. The van der Waals surface area contributed by atoms with Crippen LogP contribution >= 0.6 is 0 Å². The molecular formula is C21H23NO4. The number of morpholine rings is 1. The monoisotopic (exact) mass is 353 g/mol. The number of rotatable bonds is 4. The van der Waals surface area contributed by atoms with Crippen LogP contribution in [-0.2, 0) is 28.0 Å². The molecule has 1 unspecified atom stereocenters. The van der Waals surface area contributed by atoms with Crippen LogP contribution in [0, 0.1) is 0 Å². The molecular weight excluding hydrogens is 330 g/mol. The maximum absolute atomic E-state index is 11.4. The van der Waals surface area contributed by atoms with Crippen LogP contribution in [0.25, 0.3) is 0 Å². The first-order valence-corrected chi connectivity index (χ1v) is 8.90. The van der Waals surface area contributed by atoms with Crippen LogP contribution in [0.2, 0.25) is 0 Å². The van der Waals surface area contributed by atoms with Crippen molar-refractivity contribution in [3.8, 4) is 11.5 Å². The van der Waals surface area contributed by atoms with Crippen LogP contribution < -0.4 is 14.8 Å². The van der Waals surface area contributed by atoms with Gasteiger partial charge < -0.3 is 19.5 Å². The Labute approximate surface area is 153 Å². The summed E-state index contributed by atoms with van der Waals surface area (Å²) in [6.45, 7) is 2.48. The van der Waals surface area contributed by atoms with Crippen LogP contribution in [0.15, 0.2) is 42.5 Å². The Hall–Kier alpha value is -2.53. The minimum Gasteiger partial charge on any atom is -0.493 e. The average Bonchev–Trinajstić information content (AvgIpc) is 3.06. The molecule has 5 heteroatoms. The fraction of sp³-hybridized carbons (Fsp3) is 0.381. The van der Waals surface area contributed by atoms with Gasteiger partial charge in [-0.25, -0.2) is 0 Å². The Morgan fingerprint density at radius 2 is 1.85 bits per heavy atom. The highest BCUT2D eigenvalue weighted by Gasteiger charge is 2.34. The van der Waals surface area contributed by atoms with Gasteiger partial charge in [0, 0.05) is 12.8 Å². The van der Waals surface area contributed by atoms with Gasteiger partial charge in [0.05, 0.1) is 13.7 Å². The molecule has 136 valence electrons. The normalized spacial score (nSPS) is 22.6. The Morgan fingerprint density at radius 3 is 2.46 bits per heavy atom. The van der Waals surface area contributed by atoms with E-state index in [0.29, 0.717) is 18.0 Å². The average molecular weight is 353 g/mol. The number of ether oxygens (including phenoxy) is 3. The van der Waals surface area contributed by atoms with Crippen molar-refractivity contribution in [3.63, 3.8) is 0 Å². The van der Waals surface area contributed by atoms with Crippen molar-refractivity contribution in [2.75, 3.05) is 20.3 Å². The standard InChI is InChI=1S/C21H23NO4/c1-21(13-22-20(23)12-25-21)16-7-8-18(24-2)19(11-16)26-17-9-14-5-3-4-6-15(14)10-17/h3-8,11,17H,9-10,12-13H2,1-2H3,(H,22,23). The number of carbonyl (C=O) groups is 1. The molecule has 4 rings (SSSR count). The lowest BCUT2D eigenvalue weighted by Crippen LogP contribution is -2.48. The van der Waals surface area contributed by atoms with E-state index >= 15 is 0 Å². The van der Waals surface area contributed by atoms with E-state index in [1.165, 1.54) is 11.1 Å². The highest BCUT2D eigenvalue weighted by Crippen LogP contribution is 2.36. The van der Waals surface area contributed by atoms with Gasteiger partial charge in [-0.05, 0) is 35.7 Å². The van der Waals surface area contributed by atoms with Crippen molar-refractivity contribution < 1.29 is 19.0 Å². The smallest absolute Gasteiger partial charge is 0.246 e. The molecule has 0 bridgehead atoms.